The first-order valence-corrected chi connectivity index (χ1v) is 25.5. The fourth-order valence-electron chi connectivity index (χ4n) is 7.91. The first kappa shape index (κ1) is 51.2. The lowest BCUT2D eigenvalue weighted by Crippen LogP contribution is -2.33. The number of benzene rings is 6. The Hall–Kier alpha value is -6.16. The Balaban J connectivity index is 1.16. The van der Waals surface area contributed by atoms with Crippen molar-refractivity contribution < 1.29 is 32.5 Å². The highest BCUT2D eigenvalue weighted by Gasteiger charge is 2.33. The van der Waals surface area contributed by atoms with E-state index in [1.165, 1.54) is 16.7 Å². The summed E-state index contributed by atoms with van der Waals surface area (Å²) in [7, 11) is -4.51. The van der Waals surface area contributed by atoms with Crippen LogP contribution >= 0.6 is 7.82 Å². The molecule has 0 fully saturated rings. The number of aryl methyl sites for hydroxylation is 3. The van der Waals surface area contributed by atoms with Gasteiger partial charge >= 0.3 is 7.82 Å². The Labute approximate surface area is 402 Å². The number of hydrogen-bond acceptors (Lipinski definition) is 7. The van der Waals surface area contributed by atoms with Gasteiger partial charge in [0.25, 0.3) is 0 Å². The van der Waals surface area contributed by atoms with E-state index in [1.807, 2.05) is 146 Å². The van der Waals surface area contributed by atoms with Crippen molar-refractivity contribution in [1.29, 1.82) is 0 Å². The van der Waals surface area contributed by atoms with Crippen molar-refractivity contribution >= 4 is 25.5 Å². The summed E-state index contributed by atoms with van der Waals surface area (Å²) in [5, 5.41) is 9.29. The van der Waals surface area contributed by atoms with Gasteiger partial charge in [0.15, 0.2) is 0 Å². The van der Waals surface area contributed by atoms with E-state index in [0.717, 1.165) is 55.2 Å². The Bertz CT molecular complexity index is 2130. The van der Waals surface area contributed by atoms with E-state index in [1.54, 1.807) is 0 Å². The fraction of sp³-hybridized carbons (Fsp3) is 0.316. The van der Waals surface area contributed by atoms with E-state index in [2.05, 4.69) is 52.3 Å². The number of unbranched alkanes of at least 4 members (excludes halogenated alkanes) is 3. The van der Waals surface area contributed by atoms with Crippen LogP contribution in [0.5, 0.6) is 0 Å². The van der Waals surface area contributed by atoms with Gasteiger partial charge in [-0.05, 0) is 91.2 Å². The van der Waals surface area contributed by atoms with Crippen molar-refractivity contribution in [2.75, 3.05) is 19.8 Å². The molecular formula is C57H66N3O7P. The summed E-state index contributed by atoms with van der Waals surface area (Å²) in [6.45, 7) is -0.736. The van der Waals surface area contributed by atoms with Gasteiger partial charge in [-0.3, -0.25) is 28.0 Å². The van der Waals surface area contributed by atoms with E-state index in [-0.39, 0.29) is 37.5 Å². The van der Waals surface area contributed by atoms with Crippen LogP contribution in [0.25, 0.3) is 0 Å². The summed E-state index contributed by atoms with van der Waals surface area (Å²) in [6, 6.07) is 56.5. The third-order valence-corrected chi connectivity index (χ3v) is 13.1. The largest absolute Gasteiger partial charge is 0.475 e. The predicted molar refractivity (Wildman–Crippen MR) is 269 cm³/mol. The molecule has 0 heterocycles. The number of carbonyl (C=O) groups is 3. The number of hydrogen-bond donors (Lipinski definition) is 3. The molecule has 11 heteroatoms. The van der Waals surface area contributed by atoms with Crippen molar-refractivity contribution in [3.05, 3.63) is 215 Å². The Kier molecular flexibility index (Phi) is 21.8. The lowest BCUT2D eigenvalue weighted by molar-refractivity contribution is -0.122. The molecule has 0 bridgehead atoms. The van der Waals surface area contributed by atoms with E-state index in [4.69, 9.17) is 13.6 Å². The molecule has 0 aliphatic carbocycles. The number of amides is 3. The Morgan fingerprint density at radius 2 is 0.588 bits per heavy atom. The van der Waals surface area contributed by atoms with Gasteiger partial charge in [-0.15, -0.1) is 0 Å². The highest BCUT2D eigenvalue weighted by molar-refractivity contribution is 7.48. The molecular weight excluding hydrogens is 870 g/mol. The predicted octanol–water partition coefficient (Wildman–Crippen LogP) is 12.0. The van der Waals surface area contributed by atoms with Crippen molar-refractivity contribution in [2.45, 2.75) is 95.2 Å². The molecule has 0 saturated heterocycles. The first-order valence-electron chi connectivity index (χ1n) is 24.0. The Morgan fingerprint density at radius 3 is 0.838 bits per heavy atom. The van der Waals surface area contributed by atoms with E-state index >= 15 is 4.57 Å². The molecule has 10 nitrogen and oxygen atoms in total. The molecule has 3 atom stereocenters. The van der Waals surface area contributed by atoms with Gasteiger partial charge < -0.3 is 16.0 Å². The van der Waals surface area contributed by atoms with Gasteiger partial charge in [0.1, 0.15) is 0 Å². The van der Waals surface area contributed by atoms with Crippen LogP contribution in [0.3, 0.4) is 0 Å². The van der Waals surface area contributed by atoms with Crippen LogP contribution in [-0.2, 0) is 51.8 Å². The summed E-state index contributed by atoms with van der Waals surface area (Å²) in [4.78, 5) is 40.4. The maximum Gasteiger partial charge on any atom is 0.475 e. The fourth-order valence-corrected chi connectivity index (χ4v) is 9.13. The third-order valence-electron chi connectivity index (χ3n) is 11.7. The Morgan fingerprint density at radius 1 is 0.353 bits per heavy atom. The molecule has 0 unspecified atom stereocenters. The quantitative estimate of drug-likeness (QED) is 0.0303. The number of phosphoric acid groups is 1. The van der Waals surface area contributed by atoms with Gasteiger partial charge in [0, 0.05) is 19.3 Å². The van der Waals surface area contributed by atoms with Crippen LogP contribution in [0.1, 0.15) is 109 Å². The second kappa shape index (κ2) is 28.9. The third kappa shape index (κ3) is 18.8. The zero-order chi connectivity index (χ0) is 47.5. The lowest BCUT2D eigenvalue weighted by atomic mass is 10.1. The monoisotopic (exact) mass is 935 g/mol. The summed E-state index contributed by atoms with van der Waals surface area (Å²) in [5.41, 5.74) is 5.92. The molecule has 6 rings (SSSR count). The number of phosphoric ester groups is 1. The zero-order valence-electron chi connectivity index (χ0n) is 39.0. The molecule has 3 N–H and O–H groups in total. The van der Waals surface area contributed by atoms with Crippen LogP contribution in [0.4, 0.5) is 0 Å². The van der Waals surface area contributed by atoms with Crippen LogP contribution in [0.2, 0.25) is 0 Å². The molecule has 6 aromatic rings. The first-order chi connectivity index (χ1) is 33.3. The average molecular weight is 936 g/mol. The van der Waals surface area contributed by atoms with Crippen molar-refractivity contribution in [2.24, 2.45) is 0 Å². The number of carbonyl (C=O) groups excluding carboxylic acids is 3. The van der Waals surface area contributed by atoms with Crippen molar-refractivity contribution in [3.8, 4) is 0 Å². The average Bonchev–Trinajstić information content (AvgIpc) is 3.38. The normalized spacial score (nSPS) is 12.6. The molecule has 3 amide bonds. The SMILES string of the molecule is O=C(CCCCc1ccccc1)N[C@@H](COP(=O)(OC[C@H](NC(=O)CCCCc1ccccc1)c1ccccc1)OC[C@H](NC(=O)CCCCc1ccccc1)c1ccccc1)c1ccccc1. The van der Waals surface area contributed by atoms with Gasteiger partial charge in [-0.2, -0.15) is 0 Å². The minimum absolute atomic E-state index is 0.168. The summed E-state index contributed by atoms with van der Waals surface area (Å²) in [5.74, 6) is -0.504. The molecule has 0 aliphatic rings. The van der Waals surface area contributed by atoms with Crippen LogP contribution in [0, 0.1) is 0 Å². The highest BCUT2D eigenvalue weighted by atomic mass is 31.2. The van der Waals surface area contributed by atoms with Crippen molar-refractivity contribution in [3.63, 3.8) is 0 Å². The number of rotatable bonds is 30. The van der Waals surface area contributed by atoms with Gasteiger partial charge in [0.05, 0.1) is 37.9 Å². The molecule has 0 aliphatic heterocycles. The highest BCUT2D eigenvalue weighted by Crippen LogP contribution is 2.51. The molecule has 68 heavy (non-hydrogen) atoms. The van der Waals surface area contributed by atoms with E-state index < -0.39 is 25.9 Å². The summed E-state index contributed by atoms with van der Waals surface area (Å²) >= 11 is 0. The summed E-state index contributed by atoms with van der Waals surface area (Å²) < 4.78 is 33.8. The minimum atomic E-state index is -4.51. The molecule has 6 aromatic carbocycles. The molecule has 0 aromatic heterocycles. The van der Waals surface area contributed by atoms with E-state index in [0.29, 0.717) is 38.5 Å². The molecule has 0 radical (unpaired) electrons. The van der Waals surface area contributed by atoms with Crippen molar-refractivity contribution in [1.82, 2.24) is 16.0 Å². The van der Waals surface area contributed by atoms with Gasteiger partial charge in [-0.1, -0.05) is 182 Å². The standard InChI is InChI=1S/C57H66N3O7P/c61-55(40-22-19-31-46-25-7-1-8-26-46)58-52(49-34-13-4-14-35-49)43-65-68(64,66-44-53(50-36-15-5-16-37-50)59-56(62)41-23-20-32-47-27-9-2-10-28-47)67-45-54(51-38-17-6-18-39-51)60-57(63)42-24-21-33-48-29-11-3-12-30-48/h1-18,25-30,34-39,52-54H,19-24,31-33,40-45H2,(H,58,61)(H,59,62)(H,60,63)/t52-,53-,54-/m0/s1. The van der Waals surface area contributed by atoms with Gasteiger partial charge in [0.2, 0.25) is 17.7 Å². The van der Waals surface area contributed by atoms with Crippen LogP contribution < -0.4 is 16.0 Å². The maximum atomic E-state index is 15.1. The number of nitrogens with one attached hydrogen (secondary N) is 3. The maximum absolute atomic E-state index is 15.1. The second-order valence-corrected chi connectivity index (χ2v) is 18.7. The van der Waals surface area contributed by atoms with E-state index in [9.17, 15) is 14.4 Å². The molecule has 356 valence electrons. The second-order valence-electron chi connectivity index (χ2n) is 17.0. The van der Waals surface area contributed by atoms with Crippen LogP contribution in [0.15, 0.2) is 182 Å². The summed E-state index contributed by atoms with van der Waals surface area (Å²) in [6.07, 6.45) is 8.12. The molecule has 0 saturated carbocycles. The topological polar surface area (TPSA) is 132 Å². The molecule has 0 spiro atoms. The van der Waals surface area contributed by atoms with Gasteiger partial charge in [-0.25, -0.2) is 4.57 Å². The zero-order valence-corrected chi connectivity index (χ0v) is 39.9. The van der Waals surface area contributed by atoms with Crippen LogP contribution in [-0.4, -0.2) is 37.5 Å². The lowest BCUT2D eigenvalue weighted by Gasteiger charge is -2.27. The minimum Gasteiger partial charge on any atom is -0.347 e. The smallest absolute Gasteiger partial charge is 0.347 e.